The number of benzene rings is 2. The number of halogens is 1. The molecule has 0 radical (unpaired) electrons. The second-order valence-corrected chi connectivity index (χ2v) is 6.24. The highest BCUT2D eigenvalue weighted by atomic mass is 35.5. The van der Waals surface area contributed by atoms with Gasteiger partial charge in [0, 0.05) is 12.1 Å². The van der Waals surface area contributed by atoms with Crippen molar-refractivity contribution in [3.05, 3.63) is 69.5 Å². The lowest BCUT2D eigenvalue weighted by Crippen LogP contribution is -2.36. The van der Waals surface area contributed by atoms with Gasteiger partial charge in [-0.15, -0.1) is 5.10 Å². The molecule has 0 aliphatic carbocycles. The average molecular weight is 357 g/mol. The van der Waals surface area contributed by atoms with Gasteiger partial charge in [0.15, 0.2) is 0 Å². The van der Waals surface area contributed by atoms with Crippen LogP contribution in [0.1, 0.15) is 18.5 Å². The molecule has 25 heavy (non-hydrogen) atoms. The molecule has 2 aromatic carbocycles. The van der Waals surface area contributed by atoms with Crippen LogP contribution in [0.2, 0.25) is 5.02 Å². The van der Waals surface area contributed by atoms with Crippen LogP contribution in [0.3, 0.4) is 0 Å². The number of hydrogen-bond acceptors (Lipinski definition) is 4. The minimum Gasteiger partial charge on any atom is -0.337 e. The van der Waals surface area contributed by atoms with Crippen molar-refractivity contribution in [2.45, 2.75) is 19.5 Å². The van der Waals surface area contributed by atoms with Gasteiger partial charge in [0.05, 0.1) is 11.4 Å². The second kappa shape index (κ2) is 7.03. The van der Waals surface area contributed by atoms with Crippen molar-refractivity contribution in [2.75, 3.05) is 7.05 Å². The van der Waals surface area contributed by atoms with Gasteiger partial charge < -0.3 is 4.90 Å². The molecule has 0 spiro atoms. The number of likely N-dealkylation sites (N-methyl/N-ethyl adjacent to an activating group) is 1. The Hall–Kier alpha value is -2.73. The van der Waals surface area contributed by atoms with E-state index in [1.807, 2.05) is 25.1 Å². The molecular formula is C18H17ClN4O2. The molecule has 0 saturated heterocycles. The fourth-order valence-corrected chi connectivity index (χ4v) is 2.77. The van der Waals surface area contributed by atoms with Crippen LogP contribution < -0.4 is 5.56 Å². The molecular weight excluding hydrogens is 340 g/mol. The zero-order chi connectivity index (χ0) is 18.0. The van der Waals surface area contributed by atoms with Crippen LogP contribution in [0, 0.1) is 0 Å². The molecule has 0 aliphatic rings. The summed E-state index contributed by atoms with van der Waals surface area (Å²) in [5.74, 6) is -0.237. The molecule has 3 aromatic rings. The Kier molecular flexibility index (Phi) is 4.81. The third-order valence-electron chi connectivity index (χ3n) is 4.22. The first-order chi connectivity index (χ1) is 12.0. The van der Waals surface area contributed by atoms with E-state index in [0.29, 0.717) is 15.9 Å². The molecule has 3 rings (SSSR count). The maximum absolute atomic E-state index is 12.6. The van der Waals surface area contributed by atoms with Crippen LogP contribution in [0.15, 0.2) is 53.3 Å². The maximum atomic E-state index is 12.6. The molecule has 1 aromatic heterocycles. The van der Waals surface area contributed by atoms with Crippen molar-refractivity contribution in [1.82, 2.24) is 19.9 Å². The summed E-state index contributed by atoms with van der Waals surface area (Å²) >= 11 is 6.01. The summed E-state index contributed by atoms with van der Waals surface area (Å²) in [5.41, 5.74) is 1.10. The van der Waals surface area contributed by atoms with E-state index in [1.165, 1.54) is 0 Å². The number of fused-ring (bicyclic) bond motifs is 1. The Morgan fingerprint density at radius 3 is 2.76 bits per heavy atom. The first-order valence-corrected chi connectivity index (χ1v) is 8.19. The number of hydrogen-bond donors (Lipinski definition) is 0. The van der Waals surface area contributed by atoms with Crippen molar-refractivity contribution in [1.29, 1.82) is 0 Å². The average Bonchev–Trinajstić information content (AvgIpc) is 2.63. The van der Waals surface area contributed by atoms with Crippen LogP contribution in [-0.4, -0.2) is 32.8 Å². The van der Waals surface area contributed by atoms with E-state index in [1.54, 1.807) is 42.3 Å². The van der Waals surface area contributed by atoms with Crippen LogP contribution >= 0.6 is 11.6 Å². The van der Waals surface area contributed by atoms with Gasteiger partial charge in [-0.25, -0.2) is 4.68 Å². The van der Waals surface area contributed by atoms with Crippen molar-refractivity contribution < 1.29 is 4.79 Å². The molecule has 0 bridgehead atoms. The van der Waals surface area contributed by atoms with Gasteiger partial charge in [-0.1, -0.05) is 41.1 Å². The number of rotatable bonds is 4. The predicted octanol–water partition coefficient (Wildman–Crippen LogP) is 2.66. The largest absolute Gasteiger partial charge is 0.337 e. The van der Waals surface area contributed by atoms with Crippen LogP contribution in [0.5, 0.6) is 0 Å². The summed E-state index contributed by atoms with van der Waals surface area (Å²) in [5, 5.41) is 8.91. The molecule has 0 saturated carbocycles. The number of carbonyl (C=O) groups is 1. The van der Waals surface area contributed by atoms with Crippen LogP contribution in [0.25, 0.3) is 10.9 Å². The van der Waals surface area contributed by atoms with Crippen LogP contribution in [-0.2, 0) is 11.3 Å². The highest BCUT2D eigenvalue weighted by Crippen LogP contribution is 2.22. The van der Waals surface area contributed by atoms with Crippen molar-refractivity contribution >= 4 is 28.4 Å². The maximum Gasteiger partial charge on any atom is 0.278 e. The van der Waals surface area contributed by atoms with Gasteiger partial charge in [-0.05, 0) is 36.8 Å². The van der Waals surface area contributed by atoms with Gasteiger partial charge >= 0.3 is 0 Å². The number of amides is 1. The third kappa shape index (κ3) is 3.53. The lowest BCUT2D eigenvalue weighted by atomic mass is 10.1. The minimum atomic E-state index is -0.331. The van der Waals surface area contributed by atoms with E-state index in [-0.39, 0.29) is 24.1 Å². The fraction of sp³-hybridized carbons (Fsp3) is 0.222. The van der Waals surface area contributed by atoms with E-state index in [4.69, 9.17) is 11.6 Å². The number of nitrogens with zero attached hydrogens (tertiary/aromatic N) is 4. The molecule has 128 valence electrons. The SMILES string of the molecule is CC(c1cccc(Cl)c1)N(C)C(=O)Cn1nnc2ccccc2c1=O. The standard InChI is InChI=1S/C18H17ClN4O2/c1-12(13-6-5-7-14(19)10-13)22(2)17(24)11-23-18(25)15-8-3-4-9-16(15)20-21-23/h3-10,12H,11H2,1-2H3. The summed E-state index contributed by atoms with van der Waals surface area (Å²) in [6, 6.07) is 14.1. The van der Waals surface area contributed by atoms with E-state index in [0.717, 1.165) is 10.2 Å². The Labute approximate surface area is 149 Å². The van der Waals surface area contributed by atoms with E-state index >= 15 is 0 Å². The van der Waals surface area contributed by atoms with E-state index in [9.17, 15) is 9.59 Å². The Balaban J connectivity index is 1.82. The smallest absolute Gasteiger partial charge is 0.278 e. The Bertz CT molecular complexity index is 986. The summed E-state index contributed by atoms with van der Waals surface area (Å²) in [4.78, 5) is 26.6. The monoisotopic (exact) mass is 356 g/mol. The molecule has 1 heterocycles. The topological polar surface area (TPSA) is 68.1 Å². The number of aromatic nitrogens is 3. The fourth-order valence-electron chi connectivity index (χ4n) is 2.57. The molecule has 0 fully saturated rings. The van der Waals surface area contributed by atoms with Gasteiger partial charge in [0.1, 0.15) is 12.1 Å². The lowest BCUT2D eigenvalue weighted by Gasteiger charge is -2.25. The third-order valence-corrected chi connectivity index (χ3v) is 4.45. The molecule has 6 nitrogen and oxygen atoms in total. The van der Waals surface area contributed by atoms with Gasteiger partial charge in [-0.3, -0.25) is 9.59 Å². The molecule has 0 N–H and O–H groups in total. The summed E-state index contributed by atoms with van der Waals surface area (Å²) in [6.07, 6.45) is 0. The lowest BCUT2D eigenvalue weighted by molar-refractivity contribution is -0.132. The predicted molar refractivity (Wildman–Crippen MR) is 96.4 cm³/mol. The van der Waals surface area contributed by atoms with Crippen molar-refractivity contribution in [2.24, 2.45) is 0 Å². The summed E-state index contributed by atoms with van der Waals surface area (Å²) in [6.45, 7) is 1.73. The van der Waals surface area contributed by atoms with Gasteiger partial charge in [0.25, 0.3) is 5.56 Å². The normalized spacial score (nSPS) is 12.1. The number of carbonyl (C=O) groups excluding carboxylic acids is 1. The zero-order valence-corrected chi connectivity index (χ0v) is 14.6. The first-order valence-electron chi connectivity index (χ1n) is 7.81. The van der Waals surface area contributed by atoms with Crippen molar-refractivity contribution in [3.8, 4) is 0 Å². The molecule has 0 aliphatic heterocycles. The quantitative estimate of drug-likeness (QED) is 0.720. The molecule has 1 atom stereocenters. The van der Waals surface area contributed by atoms with E-state index < -0.39 is 0 Å². The highest BCUT2D eigenvalue weighted by molar-refractivity contribution is 6.30. The highest BCUT2D eigenvalue weighted by Gasteiger charge is 2.19. The van der Waals surface area contributed by atoms with Crippen molar-refractivity contribution in [3.63, 3.8) is 0 Å². The summed E-state index contributed by atoms with van der Waals surface area (Å²) < 4.78 is 1.09. The molecule has 1 amide bonds. The first kappa shape index (κ1) is 17.1. The molecule has 7 heteroatoms. The Morgan fingerprint density at radius 2 is 2.00 bits per heavy atom. The second-order valence-electron chi connectivity index (χ2n) is 5.81. The Morgan fingerprint density at radius 1 is 1.24 bits per heavy atom. The zero-order valence-electron chi connectivity index (χ0n) is 13.9. The molecule has 1 unspecified atom stereocenters. The minimum absolute atomic E-state index is 0.169. The van der Waals surface area contributed by atoms with Gasteiger partial charge in [0.2, 0.25) is 5.91 Å². The van der Waals surface area contributed by atoms with E-state index in [2.05, 4.69) is 10.3 Å². The summed E-state index contributed by atoms with van der Waals surface area (Å²) in [7, 11) is 1.69. The van der Waals surface area contributed by atoms with Crippen LogP contribution in [0.4, 0.5) is 0 Å². The van der Waals surface area contributed by atoms with Gasteiger partial charge in [-0.2, -0.15) is 0 Å².